The largest absolute Gasteiger partial charge is 0.467 e. The Morgan fingerprint density at radius 1 is 1.52 bits per heavy atom. The van der Waals surface area contributed by atoms with Crippen LogP contribution < -0.4 is 5.32 Å². The molecule has 23 heavy (non-hydrogen) atoms. The molecule has 2 fully saturated rings. The molecule has 0 aliphatic carbocycles. The topological polar surface area (TPSA) is 76.3 Å². The number of carbonyl (C=O) groups is 1. The summed E-state index contributed by atoms with van der Waals surface area (Å²) in [6.45, 7) is 3.80. The van der Waals surface area contributed by atoms with Crippen molar-refractivity contribution in [3.8, 4) is 0 Å². The minimum atomic E-state index is -0.333. The first-order valence-corrected chi connectivity index (χ1v) is 8.12. The third-order valence-corrected chi connectivity index (χ3v) is 4.87. The Morgan fingerprint density at radius 3 is 3.26 bits per heavy atom. The van der Waals surface area contributed by atoms with Gasteiger partial charge in [-0.05, 0) is 18.6 Å². The van der Waals surface area contributed by atoms with Crippen LogP contribution in [0, 0.1) is 0 Å². The molecule has 1 spiro atoms. The Balaban J connectivity index is 1.30. The number of nitrogens with zero attached hydrogens (tertiary/aromatic N) is 2. The second-order valence-electron chi connectivity index (χ2n) is 6.49. The van der Waals surface area contributed by atoms with Gasteiger partial charge in [0.25, 0.3) is 5.91 Å². The molecule has 1 aromatic rings. The molecule has 7 nitrogen and oxygen atoms in total. The highest BCUT2D eigenvalue weighted by Crippen LogP contribution is 2.35. The Labute approximate surface area is 134 Å². The minimum absolute atomic E-state index is 0.180. The van der Waals surface area contributed by atoms with E-state index in [-0.39, 0.29) is 11.5 Å². The van der Waals surface area contributed by atoms with Crippen LogP contribution in [-0.2, 0) is 20.9 Å². The molecule has 1 N–H and O–H groups in total. The minimum Gasteiger partial charge on any atom is -0.467 e. The van der Waals surface area contributed by atoms with E-state index >= 15 is 0 Å². The lowest BCUT2D eigenvalue weighted by molar-refractivity contribution is -0.115. The van der Waals surface area contributed by atoms with Crippen molar-refractivity contribution >= 4 is 11.6 Å². The molecule has 4 heterocycles. The van der Waals surface area contributed by atoms with Crippen molar-refractivity contribution in [1.82, 2.24) is 10.2 Å². The Morgan fingerprint density at radius 2 is 2.48 bits per heavy atom. The van der Waals surface area contributed by atoms with E-state index < -0.39 is 0 Å². The molecule has 0 bridgehead atoms. The van der Waals surface area contributed by atoms with Crippen molar-refractivity contribution in [2.24, 2.45) is 5.16 Å². The Bertz CT molecular complexity index is 594. The third-order valence-electron chi connectivity index (χ3n) is 4.87. The zero-order valence-electron chi connectivity index (χ0n) is 13.0. The van der Waals surface area contributed by atoms with Crippen LogP contribution in [0.15, 0.2) is 28.0 Å². The first kappa shape index (κ1) is 14.7. The summed E-state index contributed by atoms with van der Waals surface area (Å²) in [5.41, 5.74) is 0.140. The molecule has 3 aliphatic heterocycles. The van der Waals surface area contributed by atoms with Crippen LogP contribution in [0.25, 0.3) is 0 Å². The number of ether oxygens (including phenoxy) is 1. The van der Waals surface area contributed by atoms with Crippen LogP contribution in [0.5, 0.6) is 0 Å². The molecule has 7 heteroatoms. The number of oxime groups is 1. The lowest BCUT2D eigenvalue weighted by Crippen LogP contribution is -2.40. The molecule has 2 atom stereocenters. The van der Waals surface area contributed by atoms with Crippen LogP contribution in [0.2, 0.25) is 0 Å². The van der Waals surface area contributed by atoms with E-state index in [1.165, 1.54) is 0 Å². The van der Waals surface area contributed by atoms with Gasteiger partial charge in [-0.25, -0.2) is 0 Å². The number of hydrogen-bond donors (Lipinski definition) is 1. The molecule has 4 rings (SSSR count). The molecule has 0 unspecified atom stereocenters. The molecular weight excluding hydrogens is 298 g/mol. The molecular formula is C16H21N3O4. The van der Waals surface area contributed by atoms with Gasteiger partial charge in [-0.15, -0.1) is 0 Å². The van der Waals surface area contributed by atoms with Gasteiger partial charge in [-0.2, -0.15) is 0 Å². The van der Waals surface area contributed by atoms with Crippen molar-refractivity contribution in [1.29, 1.82) is 0 Å². The molecule has 0 aromatic carbocycles. The highest BCUT2D eigenvalue weighted by molar-refractivity contribution is 6.39. The first-order chi connectivity index (χ1) is 11.2. The van der Waals surface area contributed by atoms with Crippen molar-refractivity contribution in [3.05, 3.63) is 24.2 Å². The van der Waals surface area contributed by atoms with Crippen LogP contribution in [0.4, 0.5) is 0 Å². The molecule has 3 aliphatic rings. The summed E-state index contributed by atoms with van der Waals surface area (Å²) in [7, 11) is 0. The van der Waals surface area contributed by atoms with Crippen molar-refractivity contribution in [2.75, 3.05) is 26.3 Å². The fourth-order valence-electron chi connectivity index (χ4n) is 3.54. The maximum absolute atomic E-state index is 12.2. The monoisotopic (exact) mass is 319 g/mol. The zero-order chi connectivity index (χ0) is 15.7. The van der Waals surface area contributed by atoms with E-state index in [1.54, 1.807) is 12.3 Å². The molecule has 124 valence electrons. The van der Waals surface area contributed by atoms with Gasteiger partial charge in [-0.3, -0.25) is 9.69 Å². The average Bonchev–Trinajstić information content (AvgIpc) is 3.35. The summed E-state index contributed by atoms with van der Waals surface area (Å²) in [5.74, 6) is 0.543. The standard InChI is InChI=1S/C16H21N3O4/c20-15(17-9-13-2-1-6-22-13)14-8-16(23-18-14)4-5-19(11-16)12-3-7-21-10-12/h1-2,6,12H,3-5,7-11H2,(H,17,20)/t12-,16+/m0/s1. The fourth-order valence-corrected chi connectivity index (χ4v) is 3.54. The lowest BCUT2D eigenvalue weighted by atomic mass is 9.96. The van der Waals surface area contributed by atoms with Gasteiger partial charge in [0.1, 0.15) is 11.5 Å². The van der Waals surface area contributed by atoms with E-state index in [0.29, 0.717) is 24.7 Å². The maximum atomic E-state index is 12.2. The van der Waals surface area contributed by atoms with Gasteiger partial charge in [-0.1, -0.05) is 5.16 Å². The second-order valence-corrected chi connectivity index (χ2v) is 6.49. The molecule has 2 saturated heterocycles. The summed E-state index contributed by atoms with van der Waals surface area (Å²) >= 11 is 0. The predicted molar refractivity (Wildman–Crippen MR) is 81.8 cm³/mol. The Hall–Kier alpha value is -1.86. The number of amides is 1. The van der Waals surface area contributed by atoms with Gasteiger partial charge >= 0.3 is 0 Å². The quantitative estimate of drug-likeness (QED) is 0.892. The maximum Gasteiger partial charge on any atom is 0.269 e. The first-order valence-electron chi connectivity index (χ1n) is 8.12. The number of carbonyl (C=O) groups excluding carboxylic acids is 1. The van der Waals surface area contributed by atoms with Crippen molar-refractivity contribution in [3.63, 3.8) is 0 Å². The molecule has 0 radical (unpaired) electrons. The highest BCUT2D eigenvalue weighted by atomic mass is 16.7. The van der Waals surface area contributed by atoms with Crippen LogP contribution in [0.3, 0.4) is 0 Å². The van der Waals surface area contributed by atoms with E-state index in [9.17, 15) is 4.79 Å². The van der Waals surface area contributed by atoms with Crippen LogP contribution in [0.1, 0.15) is 25.0 Å². The van der Waals surface area contributed by atoms with Gasteiger partial charge in [0.2, 0.25) is 0 Å². The number of rotatable bonds is 4. The summed E-state index contributed by atoms with van der Waals surface area (Å²) in [4.78, 5) is 20.3. The zero-order valence-corrected chi connectivity index (χ0v) is 13.0. The normalized spacial score (nSPS) is 30.6. The second kappa shape index (κ2) is 5.98. The molecule has 1 amide bonds. The van der Waals surface area contributed by atoms with E-state index in [0.717, 1.165) is 44.9 Å². The van der Waals surface area contributed by atoms with Crippen molar-refractivity contribution in [2.45, 2.75) is 37.5 Å². The van der Waals surface area contributed by atoms with Gasteiger partial charge in [0, 0.05) is 38.6 Å². The van der Waals surface area contributed by atoms with Gasteiger partial charge in [0.15, 0.2) is 5.60 Å². The van der Waals surface area contributed by atoms with Crippen LogP contribution in [-0.4, -0.2) is 54.5 Å². The smallest absolute Gasteiger partial charge is 0.269 e. The molecule has 0 saturated carbocycles. The number of nitrogens with one attached hydrogen (secondary N) is 1. The van der Waals surface area contributed by atoms with Crippen LogP contribution >= 0.6 is 0 Å². The number of hydrogen-bond acceptors (Lipinski definition) is 6. The SMILES string of the molecule is O=C(NCc1ccco1)C1=NO[C@]2(CCN([C@H]3CCOC3)C2)C1. The fraction of sp³-hybridized carbons (Fsp3) is 0.625. The van der Waals surface area contributed by atoms with E-state index in [2.05, 4.69) is 15.4 Å². The van der Waals surface area contributed by atoms with Crippen molar-refractivity contribution < 1.29 is 18.8 Å². The summed E-state index contributed by atoms with van der Waals surface area (Å²) in [6, 6.07) is 4.11. The lowest BCUT2D eigenvalue weighted by Gasteiger charge is -2.25. The molecule has 1 aromatic heterocycles. The number of likely N-dealkylation sites (tertiary alicyclic amines) is 1. The predicted octanol–water partition coefficient (Wildman–Crippen LogP) is 0.905. The Kier molecular flexibility index (Phi) is 3.82. The highest BCUT2D eigenvalue weighted by Gasteiger charge is 2.48. The average molecular weight is 319 g/mol. The summed E-state index contributed by atoms with van der Waals surface area (Å²) < 4.78 is 10.7. The van der Waals surface area contributed by atoms with E-state index in [1.807, 2.05) is 6.07 Å². The third kappa shape index (κ3) is 2.98. The summed E-state index contributed by atoms with van der Waals surface area (Å²) in [6.07, 6.45) is 4.14. The summed E-state index contributed by atoms with van der Waals surface area (Å²) in [5, 5.41) is 6.87. The van der Waals surface area contributed by atoms with E-state index in [4.69, 9.17) is 14.0 Å². The van der Waals surface area contributed by atoms with Gasteiger partial charge < -0.3 is 19.3 Å². The van der Waals surface area contributed by atoms with Gasteiger partial charge in [0.05, 0.1) is 19.4 Å². The number of furan rings is 1.